The number of benzene rings is 2. The summed E-state index contributed by atoms with van der Waals surface area (Å²) in [5.41, 5.74) is 2.99. The molecule has 0 saturated carbocycles. The molecule has 2 aromatic rings. The summed E-state index contributed by atoms with van der Waals surface area (Å²) in [6, 6.07) is 13.6. The molecule has 24 heavy (non-hydrogen) atoms. The van der Waals surface area contributed by atoms with Crippen LogP contribution < -0.4 is 14.8 Å². The monoisotopic (exact) mass is 325 g/mol. The molecule has 0 aliphatic carbocycles. The molecule has 4 heteroatoms. The van der Waals surface area contributed by atoms with Gasteiger partial charge in [0.2, 0.25) is 6.79 Å². The van der Waals surface area contributed by atoms with Crippen LogP contribution in [0, 0.1) is 5.92 Å². The first-order chi connectivity index (χ1) is 11.5. The predicted molar refractivity (Wildman–Crippen MR) is 93.4 cm³/mol. The Bertz CT molecular complexity index is 722. The predicted octanol–water partition coefficient (Wildman–Crippen LogP) is 4.10. The van der Waals surface area contributed by atoms with Crippen LogP contribution >= 0.6 is 0 Å². The van der Waals surface area contributed by atoms with Crippen LogP contribution in [-0.4, -0.2) is 12.7 Å². The van der Waals surface area contributed by atoms with Crippen molar-refractivity contribution >= 4 is 5.91 Å². The number of carbonyl (C=O) groups excluding carboxylic acids is 1. The Morgan fingerprint density at radius 3 is 2.46 bits per heavy atom. The summed E-state index contributed by atoms with van der Waals surface area (Å²) in [6.07, 6.45) is 1.07. The maximum atomic E-state index is 12.4. The van der Waals surface area contributed by atoms with Crippen LogP contribution in [0.1, 0.15) is 48.3 Å². The van der Waals surface area contributed by atoms with E-state index in [0.29, 0.717) is 23.0 Å². The molecule has 3 rings (SSSR count). The Morgan fingerprint density at radius 2 is 1.75 bits per heavy atom. The van der Waals surface area contributed by atoms with E-state index in [4.69, 9.17) is 9.47 Å². The van der Waals surface area contributed by atoms with E-state index < -0.39 is 0 Å². The van der Waals surface area contributed by atoms with Crippen molar-refractivity contribution < 1.29 is 14.3 Å². The third-order valence-corrected chi connectivity index (χ3v) is 4.11. The molecule has 1 N–H and O–H groups in total. The van der Waals surface area contributed by atoms with E-state index in [1.54, 1.807) is 18.2 Å². The first kappa shape index (κ1) is 16.4. The molecule has 0 spiro atoms. The molecule has 0 aromatic heterocycles. The Morgan fingerprint density at radius 1 is 1.04 bits per heavy atom. The van der Waals surface area contributed by atoms with E-state index in [2.05, 4.69) is 43.4 Å². The molecule has 1 amide bonds. The van der Waals surface area contributed by atoms with Crippen LogP contribution in [0.15, 0.2) is 42.5 Å². The third-order valence-electron chi connectivity index (χ3n) is 4.11. The summed E-state index contributed by atoms with van der Waals surface area (Å²) in [6.45, 7) is 6.62. The van der Waals surface area contributed by atoms with Crippen molar-refractivity contribution in [2.75, 3.05) is 6.79 Å². The van der Waals surface area contributed by atoms with Crippen molar-refractivity contribution in [2.45, 2.75) is 33.2 Å². The second-order valence-electron chi connectivity index (χ2n) is 6.60. The maximum absolute atomic E-state index is 12.4. The molecular formula is C20H23NO3. The minimum atomic E-state index is -0.118. The van der Waals surface area contributed by atoms with E-state index in [9.17, 15) is 4.79 Å². The lowest BCUT2D eigenvalue weighted by atomic mass is 10.00. The largest absolute Gasteiger partial charge is 0.454 e. The molecule has 0 radical (unpaired) electrons. The van der Waals surface area contributed by atoms with E-state index in [1.165, 1.54) is 5.56 Å². The van der Waals surface area contributed by atoms with Gasteiger partial charge in [-0.15, -0.1) is 0 Å². The molecule has 0 bridgehead atoms. The van der Waals surface area contributed by atoms with E-state index in [-0.39, 0.29) is 18.7 Å². The fourth-order valence-corrected chi connectivity index (χ4v) is 2.81. The van der Waals surface area contributed by atoms with Gasteiger partial charge >= 0.3 is 0 Å². The Labute approximate surface area is 142 Å². The van der Waals surface area contributed by atoms with Gasteiger partial charge in [0, 0.05) is 5.56 Å². The van der Waals surface area contributed by atoms with Crippen LogP contribution in [0.4, 0.5) is 0 Å². The van der Waals surface area contributed by atoms with Gasteiger partial charge in [0.05, 0.1) is 6.04 Å². The topological polar surface area (TPSA) is 47.6 Å². The molecule has 0 fully saturated rings. The molecule has 1 aliphatic rings. The summed E-state index contributed by atoms with van der Waals surface area (Å²) >= 11 is 0. The average molecular weight is 325 g/mol. The lowest BCUT2D eigenvalue weighted by molar-refractivity contribution is 0.0939. The highest BCUT2D eigenvalue weighted by atomic mass is 16.7. The fourth-order valence-electron chi connectivity index (χ4n) is 2.81. The van der Waals surface area contributed by atoms with Crippen LogP contribution in [0.25, 0.3) is 0 Å². The number of carbonyl (C=O) groups is 1. The number of ether oxygens (including phenoxy) is 2. The highest BCUT2D eigenvalue weighted by molar-refractivity contribution is 5.95. The summed E-state index contributed by atoms with van der Waals surface area (Å²) in [5.74, 6) is 1.82. The Hall–Kier alpha value is -2.49. The molecule has 126 valence electrons. The minimum Gasteiger partial charge on any atom is -0.454 e. The maximum Gasteiger partial charge on any atom is 0.251 e. The number of hydrogen-bond donors (Lipinski definition) is 1. The van der Waals surface area contributed by atoms with Crippen molar-refractivity contribution in [1.82, 2.24) is 5.32 Å². The first-order valence-electron chi connectivity index (χ1n) is 8.32. The first-order valence-corrected chi connectivity index (χ1v) is 8.32. The van der Waals surface area contributed by atoms with E-state index in [1.807, 2.05) is 6.92 Å². The van der Waals surface area contributed by atoms with Crippen molar-refractivity contribution in [3.05, 3.63) is 59.2 Å². The molecule has 1 atom stereocenters. The highest BCUT2D eigenvalue weighted by Crippen LogP contribution is 2.32. The molecule has 1 unspecified atom stereocenters. The van der Waals surface area contributed by atoms with Crippen LogP contribution in [0.2, 0.25) is 0 Å². The minimum absolute atomic E-state index is 0.0592. The van der Waals surface area contributed by atoms with Gasteiger partial charge in [-0.2, -0.15) is 0 Å². The van der Waals surface area contributed by atoms with Crippen molar-refractivity contribution in [3.8, 4) is 11.5 Å². The number of rotatable bonds is 5. The summed E-state index contributed by atoms with van der Waals surface area (Å²) in [4.78, 5) is 12.4. The zero-order valence-electron chi connectivity index (χ0n) is 14.3. The normalized spacial score (nSPS) is 13.8. The summed E-state index contributed by atoms with van der Waals surface area (Å²) < 4.78 is 10.6. The van der Waals surface area contributed by atoms with Crippen LogP contribution in [0.5, 0.6) is 11.5 Å². The van der Waals surface area contributed by atoms with Gasteiger partial charge in [0.1, 0.15) is 0 Å². The van der Waals surface area contributed by atoms with Gasteiger partial charge in [-0.1, -0.05) is 38.1 Å². The number of amides is 1. The standard InChI is InChI=1S/C20H23NO3/c1-13(2)10-15-4-6-16(7-5-15)14(3)21-20(22)17-8-9-18-19(11-17)24-12-23-18/h4-9,11,13-14H,10,12H2,1-3H3,(H,21,22). The summed E-state index contributed by atoms with van der Waals surface area (Å²) in [5, 5.41) is 3.03. The molecule has 1 aliphatic heterocycles. The van der Waals surface area contributed by atoms with Gasteiger partial charge in [-0.05, 0) is 48.6 Å². The third kappa shape index (κ3) is 3.70. The zero-order valence-corrected chi connectivity index (χ0v) is 14.3. The highest BCUT2D eigenvalue weighted by Gasteiger charge is 2.17. The van der Waals surface area contributed by atoms with Crippen molar-refractivity contribution in [2.24, 2.45) is 5.92 Å². The molecule has 2 aromatic carbocycles. The van der Waals surface area contributed by atoms with Gasteiger partial charge in [0.25, 0.3) is 5.91 Å². The molecule has 0 saturated heterocycles. The number of hydrogen-bond acceptors (Lipinski definition) is 3. The quantitative estimate of drug-likeness (QED) is 0.900. The lowest BCUT2D eigenvalue weighted by Crippen LogP contribution is -2.26. The Kier molecular flexibility index (Phi) is 4.74. The zero-order chi connectivity index (χ0) is 17.1. The van der Waals surface area contributed by atoms with Crippen molar-refractivity contribution in [1.29, 1.82) is 0 Å². The average Bonchev–Trinajstić information content (AvgIpc) is 3.02. The second-order valence-corrected chi connectivity index (χ2v) is 6.60. The number of fused-ring (bicyclic) bond motifs is 1. The van der Waals surface area contributed by atoms with Gasteiger partial charge in [0.15, 0.2) is 11.5 Å². The van der Waals surface area contributed by atoms with Gasteiger partial charge in [-0.25, -0.2) is 0 Å². The van der Waals surface area contributed by atoms with Crippen LogP contribution in [-0.2, 0) is 6.42 Å². The number of nitrogens with one attached hydrogen (secondary N) is 1. The molecule has 4 nitrogen and oxygen atoms in total. The van der Waals surface area contributed by atoms with Crippen LogP contribution in [0.3, 0.4) is 0 Å². The van der Waals surface area contributed by atoms with E-state index in [0.717, 1.165) is 12.0 Å². The summed E-state index contributed by atoms with van der Waals surface area (Å²) in [7, 11) is 0. The molecular weight excluding hydrogens is 302 g/mol. The van der Waals surface area contributed by atoms with Crippen molar-refractivity contribution in [3.63, 3.8) is 0 Å². The van der Waals surface area contributed by atoms with Gasteiger partial charge < -0.3 is 14.8 Å². The lowest BCUT2D eigenvalue weighted by Gasteiger charge is -2.15. The fraction of sp³-hybridized carbons (Fsp3) is 0.350. The van der Waals surface area contributed by atoms with E-state index >= 15 is 0 Å². The molecule has 1 heterocycles. The smallest absolute Gasteiger partial charge is 0.251 e. The SMILES string of the molecule is CC(C)Cc1ccc(C(C)NC(=O)c2ccc3c(c2)OCO3)cc1. The second kappa shape index (κ2) is 6.95. The van der Waals surface area contributed by atoms with Gasteiger partial charge in [-0.3, -0.25) is 4.79 Å². The Balaban J connectivity index is 1.65.